The molecule has 4 heterocycles. The van der Waals surface area contributed by atoms with Gasteiger partial charge in [0.1, 0.15) is 5.75 Å². The molecule has 0 aromatic carbocycles. The van der Waals surface area contributed by atoms with Crippen LogP contribution in [0.5, 0.6) is 5.75 Å². The van der Waals surface area contributed by atoms with Crippen molar-refractivity contribution in [2.24, 2.45) is 5.92 Å². The van der Waals surface area contributed by atoms with Crippen molar-refractivity contribution in [2.45, 2.75) is 58.6 Å². The van der Waals surface area contributed by atoms with E-state index in [1.54, 1.807) is 29.8 Å². The minimum atomic E-state index is -0.723. The van der Waals surface area contributed by atoms with Crippen molar-refractivity contribution in [3.8, 4) is 5.75 Å². The standard InChI is InChI=1S/C27H36ClN5O4/c1-16-13-21(37-5)19(25(34)31-16)14-29-26(35)22-20-7-6-10-30-33(20)24(23(22)28)17(2)18-8-11-32(12-9-18)15-27(3,4)36/h6-7,10,13,17-18,36H,8-9,11-12,14-15H2,1-5H3,(H,29,35)(H,31,34). The fourth-order valence-corrected chi connectivity index (χ4v) is 5.80. The third kappa shape index (κ3) is 5.84. The second-order valence-electron chi connectivity index (χ2n) is 10.6. The molecule has 4 rings (SSSR count). The summed E-state index contributed by atoms with van der Waals surface area (Å²) in [5.41, 5.74) is 1.76. The Kier molecular flexibility index (Phi) is 7.96. The van der Waals surface area contributed by atoms with E-state index in [4.69, 9.17) is 16.3 Å². The molecule has 0 saturated carbocycles. The molecule has 9 nitrogen and oxygen atoms in total. The third-order valence-corrected chi connectivity index (χ3v) is 7.55. The van der Waals surface area contributed by atoms with Gasteiger partial charge < -0.3 is 25.0 Å². The Labute approximate surface area is 221 Å². The van der Waals surface area contributed by atoms with E-state index in [2.05, 4.69) is 27.2 Å². The van der Waals surface area contributed by atoms with Gasteiger partial charge in [-0.2, -0.15) is 5.10 Å². The summed E-state index contributed by atoms with van der Waals surface area (Å²) in [5.74, 6) is 0.472. The van der Waals surface area contributed by atoms with Crippen molar-refractivity contribution in [1.29, 1.82) is 0 Å². The van der Waals surface area contributed by atoms with Crippen molar-refractivity contribution in [2.75, 3.05) is 26.7 Å². The molecule has 1 amide bonds. The van der Waals surface area contributed by atoms with Gasteiger partial charge in [-0.3, -0.25) is 9.59 Å². The molecule has 0 radical (unpaired) electrons. The predicted octanol–water partition coefficient (Wildman–Crippen LogP) is 3.51. The average molecular weight is 530 g/mol. The highest BCUT2D eigenvalue weighted by Crippen LogP contribution is 2.39. The van der Waals surface area contributed by atoms with E-state index in [0.717, 1.165) is 31.6 Å². The number of hydrogen-bond acceptors (Lipinski definition) is 6. The number of halogens is 1. The van der Waals surface area contributed by atoms with Gasteiger partial charge in [0, 0.05) is 24.4 Å². The van der Waals surface area contributed by atoms with Crippen molar-refractivity contribution in [3.63, 3.8) is 0 Å². The minimum Gasteiger partial charge on any atom is -0.496 e. The number of hydrogen-bond donors (Lipinski definition) is 3. The molecule has 200 valence electrons. The number of methoxy groups -OCH3 is 1. The molecule has 10 heteroatoms. The minimum absolute atomic E-state index is 0.00387. The Morgan fingerprint density at radius 3 is 2.73 bits per heavy atom. The lowest BCUT2D eigenvalue weighted by Gasteiger charge is -2.37. The molecule has 0 bridgehead atoms. The van der Waals surface area contributed by atoms with Crippen molar-refractivity contribution >= 4 is 23.0 Å². The molecular formula is C27H36ClN5O4. The van der Waals surface area contributed by atoms with Crippen molar-refractivity contribution in [3.05, 3.63) is 62.3 Å². The maximum Gasteiger partial charge on any atom is 0.256 e. The number of pyridine rings is 1. The van der Waals surface area contributed by atoms with E-state index in [1.807, 2.05) is 19.9 Å². The van der Waals surface area contributed by atoms with Gasteiger partial charge in [0.25, 0.3) is 11.5 Å². The lowest BCUT2D eigenvalue weighted by atomic mass is 9.83. The molecule has 1 aliphatic heterocycles. The van der Waals surface area contributed by atoms with Crippen LogP contribution >= 0.6 is 11.6 Å². The summed E-state index contributed by atoms with van der Waals surface area (Å²) in [5, 5.41) is 17.9. The highest BCUT2D eigenvalue weighted by molar-refractivity contribution is 6.36. The summed E-state index contributed by atoms with van der Waals surface area (Å²) in [6, 6.07) is 5.33. The molecule has 3 N–H and O–H groups in total. The summed E-state index contributed by atoms with van der Waals surface area (Å²) in [6.45, 7) is 10.00. The molecular weight excluding hydrogens is 494 g/mol. The number of carbonyl (C=O) groups excluding carboxylic acids is 1. The van der Waals surface area contributed by atoms with Crippen LogP contribution in [-0.2, 0) is 6.54 Å². The first kappa shape index (κ1) is 27.2. The fraction of sp³-hybridized carbons (Fsp3) is 0.519. The highest BCUT2D eigenvalue weighted by atomic mass is 35.5. The second-order valence-corrected chi connectivity index (χ2v) is 11.0. The second kappa shape index (κ2) is 10.8. The Balaban J connectivity index is 1.58. The zero-order valence-electron chi connectivity index (χ0n) is 22.1. The van der Waals surface area contributed by atoms with Gasteiger partial charge in [-0.25, -0.2) is 4.52 Å². The molecule has 1 atom stereocenters. The summed E-state index contributed by atoms with van der Waals surface area (Å²) >= 11 is 6.91. The number of H-pyrrole nitrogens is 1. The van der Waals surface area contributed by atoms with Crippen LogP contribution in [0.1, 0.15) is 66.8 Å². The number of rotatable bonds is 8. The number of β-amino-alcohol motifs (C(OH)–C–C–N with tert-alkyl or cyclic N) is 1. The first-order chi connectivity index (χ1) is 17.5. The lowest BCUT2D eigenvalue weighted by molar-refractivity contribution is 0.0229. The summed E-state index contributed by atoms with van der Waals surface area (Å²) in [4.78, 5) is 30.9. The van der Waals surface area contributed by atoms with Crippen molar-refractivity contribution in [1.82, 2.24) is 24.8 Å². The number of amides is 1. The molecule has 0 spiro atoms. The van der Waals surface area contributed by atoms with Crippen LogP contribution in [0.25, 0.3) is 5.52 Å². The zero-order chi connectivity index (χ0) is 26.9. The topological polar surface area (TPSA) is 112 Å². The molecule has 1 aliphatic rings. The van der Waals surface area contributed by atoms with Crippen molar-refractivity contribution < 1.29 is 14.6 Å². The first-order valence-corrected chi connectivity index (χ1v) is 13.0. The van der Waals surface area contributed by atoms with Gasteiger partial charge in [-0.15, -0.1) is 0 Å². The molecule has 1 saturated heterocycles. The maximum atomic E-state index is 13.4. The summed E-state index contributed by atoms with van der Waals surface area (Å²) in [6.07, 6.45) is 3.61. The number of fused-ring (bicyclic) bond motifs is 1. The van der Waals surface area contributed by atoms with E-state index < -0.39 is 5.60 Å². The van der Waals surface area contributed by atoms with Gasteiger partial charge in [-0.1, -0.05) is 18.5 Å². The van der Waals surface area contributed by atoms with Crippen LogP contribution in [0.3, 0.4) is 0 Å². The molecule has 0 aliphatic carbocycles. The van der Waals surface area contributed by atoms with Gasteiger partial charge in [0.15, 0.2) is 0 Å². The van der Waals surface area contributed by atoms with E-state index in [0.29, 0.717) is 45.6 Å². The smallest absolute Gasteiger partial charge is 0.256 e. The van der Waals surface area contributed by atoms with Crippen LogP contribution in [0.15, 0.2) is 29.2 Å². The van der Waals surface area contributed by atoms with Crippen LogP contribution in [0.4, 0.5) is 0 Å². The Morgan fingerprint density at radius 2 is 2.08 bits per heavy atom. The predicted molar refractivity (Wildman–Crippen MR) is 144 cm³/mol. The maximum absolute atomic E-state index is 13.4. The van der Waals surface area contributed by atoms with E-state index in [1.165, 1.54) is 7.11 Å². The van der Waals surface area contributed by atoms with Gasteiger partial charge in [0.05, 0.1) is 46.6 Å². The number of piperidine rings is 1. The van der Waals surface area contributed by atoms with E-state index >= 15 is 0 Å². The Morgan fingerprint density at radius 1 is 1.38 bits per heavy atom. The molecule has 37 heavy (non-hydrogen) atoms. The third-order valence-electron chi connectivity index (χ3n) is 7.16. The molecule has 3 aromatic rings. The molecule has 1 unspecified atom stereocenters. The number of aromatic nitrogens is 3. The number of aromatic amines is 1. The molecule has 1 fully saturated rings. The Hall–Kier alpha value is -2.88. The van der Waals surface area contributed by atoms with E-state index in [9.17, 15) is 14.7 Å². The van der Waals surface area contributed by atoms with E-state index in [-0.39, 0.29) is 23.9 Å². The summed E-state index contributed by atoms with van der Waals surface area (Å²) in [7, 11) is 1.49. The van der Waals surface area contributed by atoms with Gasteiger partial charge in [0.2, 0.25) is 0 Å². The van der Waals surface area contributed by atoms with Crippen LogP contribution < -0.4 is 15.6 Å². The number of nitrogens with zero attached hydrogens (tertiary/aromatic N) is 3. The molecule has 3 aromatic heterocycles. The number of aryl methyl sites for hydroxylation is 1. The fourth-order valence-electron chi connectivity index (χ4n) is 5.37. The number of ether oxygens (including phenoxy) is 1. The first-order valence-electron chi connectivity index (χ1n) is 12.6. The SMILES string of the molecule is COc1cc(C)[nH]c(=O)c1CNC(=O)c1c(Cl)c(C(C)C2CCN(CC(C)(C)O)CC2)n2ncccc12. The number of carbonyl (C=O) groups is 1. The van der Waals surface area contributed by atoms with Crippen LogP contribution in [-0.4, -0.2) is 62.9 Å². The van der Waals surface area contributed by atoms with Crippen LogP contribution in [0, 0.1) is 12.8 Å². The number of likely N-dealkylation sites (tertiary alicyclic amines) is 1. The number of nitrogens with one attached hydrogen (secondary N) is 2. The average Bonchev–Trinajstić information content (AvgIpc) is 3.13. The van der Waals surface area contributed by atoms with Crippen LogP contribution in [0.2, 0.25) is 5.02 Å². The normalized spacial score (nSPS) is 16.2. The van der Waals surface area contributed by atoms with Gasteiger partial charge in [-0.05, 0) is 70.8 Å². The Bertz CT molecular complexity index is 1340. The highest BCUT2D eigenvalue weighted by Gasteiger charge is 2.33. The quantitative estimate of drug-likeness (QED) is 0.412. The lowest BCUT2D eigenvalue weighted by Crippen LogP contribution is -2.43. The zero-order valence-corrected chi connectivity index (χ0v) is 22.9. The number of aliphatic hydroxyl groups is 1. The van der Waals surface area contributed by atoms with Gasteiger partial charge >= 0.3 is 0 Å². The largest absolute Gasteiger partial charge is 0.496 e. The monoisotopic (exact) mass is 529 g/mol. The summed E-state index contributed by atoms with van der Waals surface area (Å²) < 4.78 is 7.12.